The summed E-state index contributed by atoms with van der Waals surface area (Å²) in [7, 11) is 0. The molecule has 0 aliphatic rings. The molecule has 1 aromatic rings. The Bertz CT molecular complexity index is 233. The number of halogens is 1. The number of carboxylic acid groups (broad SMARTS) is 1. The van der Waals surface area contributed by atoms with Gasteiger partial charge in [-0.25, -0.2) is 0 Å². The summed E-state index contributed by atoms with van der Waals surface area (Å²) in [6, 6.07) is 3.70. The van der Waals surface area contributed by atoms with Crippen molar-refractivity contribution in [3.05, 3.63) is 22.4 Å². The van der Waals surface area contributed by atoms with E-state index in [1.807, 2.05) is 17.5 Å². The zero-order valence-corrected chi connectivity index (χ0v) is 7.23. The highest BCUT2D eigenvalue weighted by molar-refractivity contribution is 7.10. The Hall–Kier alpha value is -0.540. The third-order valence-corrected chi connectivity index (χ3v) is 2.71. The molecule has 0 aromatic carbocycles. The molecule has 0 spiro atoms. The number of carbonyl (C=O) groups is 1. The number of hydrogen-bond acceptors (Lipinski definition) is 2. The van der Waals surface area contributed by atoms with Crippen LogP contribution in [-0.4, -0.2) is 11.1 Å². The van der Waals surface area contributed by atoms with Gasteiger partial charge >= 0.3 is 5.97 Å². The van der Waals surface area contributed by atoms with Crippen LogP contribution in [-0.2, 0) is 4.79 Å². The maximum atomic E-state index is 10.2. The van der Waals surface area contributed by atoms with E-state index in [2.05, 4.69) is 0 Å². The maximum Gasteiger partial charge on any atom is 0.305 e. The van der Waals surface area contributed by atoms with Crippen molar-refractivity contribution in [2.45, 2.75) is 11.8 Å². The number of hydrogen-bond donors (Lipinski definition) is 1. The molecule has 0 fully saturated rings. The zero-order valence-electron chi connectivity index (χ0n) is 5.66. The summed E-state index contributed by atoms with van der Waals surface area (Å²) in [4.78, 5) is 11.1. The van der Waals surface area contributed by atoms with Crippen molar-refractivity contribution in [2.75, 3.05) is 0 Å². The number of carboxylic acids is 1. The molecule has 1 rings (SSSR count). The number of aliphatic carboxylic acids is 1. The van der Waals surface area contributed by atoms with Gasteiger partial charge in [-0.2, -0.15) is 0 Å². The van der Waals surface area contributed by atoms with Gasteiger partial charge in [0.25, 0.3) is 0 Å². The minimum absolute atomic E-state index is 0.0118. The van der Waals surface area contributed by atoms with Crippen LogP contribution in [0.25, 0.3) is 0 Å². The summed E-state index contributed by atoms with van der Waals surface area (Å²) in [5, 5.41) is 9.90. The number of alkyl halides is 1. The molecule has 1 N–H and O–H groups in total. The number of rotatable bonds is 3. The van der Waals surface area contributed by atoms with Gasteiger partial charge in [0, 0.05) is 4.88 Å². The molecular weight excluding hydrogens is 184 g/mol. The second-order valence-electron chi connectivity index (χ2n) is 2.08. The van der Waals surface area contributed by atoms with E-state index < -0.39 is 5.97 Å². The van der Waals surface area contributed by atoms with Gasteiger partial charge in [-0.15, -0.1) is 22.9 Å². The molecule has 0 amide bonds. The fourth-order valence-electron chi connectivity index (χ4n) is 0.723. The van der Waals surface area contributed by atoms with Gasteiger partial charge in [-0.1, -0.05) is 6.07 Å². The highest BCUT2D eigenvalue weighted by atomic mass is 35.5. The Labute approximate surface area is 73.4 Å². The van der Waals surface area contributed by atoms with Crippen molar-refractivity contribution >= 4 is 28.9 Å². The average Bonchev–Trinajstić information content (AvgIpc) is 2.35. The summed E-state index contributed by atoms with van der Waals surface area (Å²) in [5.41, 5.74) is 0. The van der Waals surface area contributed by atoms with Gasteiger partial charge in [0.2, 0.25) is 0 Å². The lowest BCUT2D eigenvalue weighted by molar-refractivity contribution is -0.137. The molecule has 11 heavy (non-hydrogen) atoms. The molecule has 0 bridgehead atoms. The van der Waals surface area contributed by atoms with Crippen LogP contribution >= 0.6 is 22.9 Å². The highest BCUT2D eigenvalue weighted by Gasteiger charge is 2.12. The second kappa shape index (κ2) is 3.74. The van der Waals surface area contributed by atoms with Crippen molar-refractivity contribution < 1.29 is 9.90 Å². The van der Waals surface area contributed by atoms with Crippen LogP contribution in [0.15, 0.2) is 17.5 Å². The summed E-state index contributed by atoms with van der Waals surface area (Å²) in [6.45, 7) is 0. The van der Waals surface area contributed by atoms with E-state index >= 15 is 0 Å². The Balaban J connectivity index is 2.56. The average molecular weight is 191 g/mol. The van der Waals surface area contributed by atoms with Crippen LogP contribution in [0.4, 0.5) is 0 Å². The van der Waals surface area contributed by atoms with Gasteiger partial charge in [0.15, 0.2) is 0 Å². The summed E-state index contributed by atoms with van der Waals surface area (Å²) >= 11 is 7.25. The molecular formula is C7H7ClO2S. The second-order valence-corrected chi connectivity index (χ2v) is 3.59. The van der Waals surface area contributed by atoms with Gasteiger partial charge < -0.3 is 5.11 Å². The molecule has 0 saturated carbocycles. The third kappa shape index (κ3) is 2.52. The first-order chi connectivity index (χ1) is 5.20. The quantitative estimate of drug-likeness (QED) is 0.744. The monoisotopic (exact) mass is 190 g/mol. The molecule has 60 valence electrons. The highest BCUT2D eigenvalue weighted by Crippen LogP contribution is 2.27. The minimum atomic E-state index is -0.863. The SMILES string of the molecule is O=C(O)CC(Cl)c1cccs1. The Morgan fingerprint density at radius 1 is 1.82 bits per heavy atom. The molecule has 0 aliphatic carbocycles. The normalized spacial score (nSPS) is 12.8. The predicted molar refractivity (Wildman–Crippen MR) is 45.2 cm³/mol. The molecule has 4 heteroatoms. The van der Waals surface area contributed by atoms with E-state index in [0.717, 1.165) is 4.88 Å². The van der Waals surface area contributed by atoms with Crippen LogP contribution in [0.1, 0.15) is 16.7 Å². The van der Waals surface area contributed by atoms with Gasteiger partial charge in [0.1, 0.15) is 0 Å². The van der Waals surface area contributed by atoms with Gasteiger partial charge in [0.05, 0.1) is 11.8 Å². The zero-order chi connectivity index (χ0) is 8.27. The van der Waals surface area contributed by atoms with Crippen molar-refractivity contribution in [3.63, 3.8) is 0 Å². The van der Waals surface area contributed by atoms with Crippen LogP contribution in [0, 0.1) is 0 Å². The lowest BCUT2D eigenvalue weighted by Crippen LogP contribution is -1.98. The van der Waals surface area contributed by atoms with E-state index in [0.29, 0.717) is 0 Å². The molecule has 0 radical (unpaired) electrons. The van der Waals surface area contributed by atoms with Crippen LogP contribution in [0.3, 0.4) is 0 Å². The summed E-state index contributed by atoms with van der Waals surface area (Å²) in [5.74, 6) is -0.863. The maximum absolute atomic E-state index is 10.2. The standard InChI is InChI=1S/C7H7ClO2S/c8-5(4-7(9)10)6-2-1-3-11-6/h1-3,5H,4H2,(H,9,10). The molecule has 1 aromatic heterocycles. The largest absolute Gasteiger partial charge is 0.481 e. The summed E-state index contributed by atoms with van der Waals surface area (Å²) in [6.07, 6.45) is -0.0118. The van der Waals surface area contributed by atoms with Crippen molar-refractivity contribution in [3.8, 4) is 0 Å². The van der Waals surface area contributed by atoms with Crippen LogP contribution in [0.5, 0.6) is 0 Å². The van der Waals surface area contributed by atoms with Crippen LogP contribution in [0.2, 0.25) is 0 Å². The van der Waals surface area contributed by atoms with E-state index in [4.69, 9.17) is 16.7 Å². The van der Waals surface area contributed by atoms with Crippen LogP contribution < -0.4 is 0 Å². The molecule has 2 nitrogen and oxygen atoms in total. The Morgan fingerprint density at radius 2 is 2.55 bits per heavy atom. The molecule has 1 unspecified atom stereocenters. The first-order valence-electron chi connectivity index (χ1n) is 3.09. The lowest BCUT2D eigenvalue weighted by atomic mass is 10.2. The first-order valence-corrected chi connectivity index (χ1v) is 4.41. The first kappa shape index (κ1) is 8.56. The molecule has 0 aliphatic heterocycles. The molecule has 0 saturated heterocycles. The van der Waals surface area contributed by atoms with E-state index in [-0.39, 0.29) is 11.8 Å². The number of thiophene rings is 1. The Morgan fingerprint density at radius 3 is 3.00 bits per heavy atom. The third-order valence-electron chi connectivity index (χ3n) is 1.21. The fraction of sp³-hybridized carbons (Fsp3) is 0.286. The summed E-state index contributed by atoms with van der Waals surface area (Å²) < 4.78 is 0. The van der Waals surface area contributed by atoms with Crippen molar-refractivity contribution in [1.29, 1.82) is 0 Å². The minimum Gasteiger partial charge on any atom is -0.481 e. The van der Waals surface area contributed by atoms with E-state index in [1.54, 1.807) is 0 Å². The van der Waals surface area contributed by atoms with E-state index in [9.17, 15) is 4.79 Å². The Kier molecular flexibility index (Phi) is 2.91. The van der Waals surface area contributed by atoms with Gasteiger partial charge in [-0.3, -0.25) is 4.79 Å². The van der Waals surface area contributed by atoms with Gasteiger partial charge in [-0.05, 0) is 11.4 Å². The topological polar surface area (TPSA) is 37.3 Å². The van der Waals surface area contributed by atoms with Crippen molar-refractivity contribution in [2.24, 2.45) is 0 Å². The van der Waals surface area contributed by atoms with E-state index in [1.165, 1.54) is 11.3 Å². The fourth-order valence-corrected chi connectivity index (χ4v) is 1.78. The molecule has 1 heterocycles. The predicted octanol–water partition coefficient (Wildman–Crippen LogP) is 2.50. The lowest BCUT2D eigenvalue weighted by Gasteiger charge is -2.01. The van der Waals surface area contributed by atoms with Crippen molar-refractivity contribution in [1.82, 2.24) is 0 Å². The molecule has 1 atom stereocenters. The smallest absolute Gasteiger partial charge is 0.305 e.